The van der Waals surface area contributed by atoms with E-state index in [0.717, 1.165) is 56.4 Å². The summed E-state index contributed by atoms with van der Waals surface area (Å²) in [6, 6.07) is 2.33. The number of hydrogen-bond donors (Lipinski definition) is 1. The number of amides is 1. The van der Waals surface area contributed by atoms with E-state index in [1.807, 2.05) is 0 Å². The van der Waals surface area contributed by atoms with Gasteiger partial charge in [-0.3, -0.25) is 9.69 Å². The van der Waals surface area contributed by atoms with E-state index in [-0.39, 0.29) is 5.91 Å². The molecule has 0 radical (unpaired) electrons. The average Bonchev–Trinajstić information content (AvgIpc) is 2.92. The second-order valence-electron chi connectivity index (χ2n) is 6.96. The summed E-state index contributed by atoms with van der Waals surface area (Å²) >= 11 is 1.62. The minimum Gasteiger partial charge on any atom is -0.315 e. The number of carbonyl (C=O) groups excluding carboxylic acids is 1. The van der Waals surface area contributed by atoms with Gasteiger partial charge < -0.3 is 10.2 Å². The van der Waals surface area contributed by atoms with Crippen LogP contribution in [0.5, 0.6) is 0 Å². The Kier molecular flexibility index (Phi) is 5.54. The highest BCUT2D eigenvalue weighted by Gasteiger charge is 2.26. The summed E-state index contributed by atoms with van der Waals surface area (Å²) in [6.07, 6.45) is 4.37. The Morgan fingerprint density at radius 2 is 2.12 bits per heavy atom. The Hall–Kier alpha value is -1.42. The third kappa shape index (κ3) is 3.80. The number of rotatable bonds is 4. The summed E-state index contributed by atoms with van der Waals surface area (Å²) in [4.78, 5) is 18.2. The Bertz CT molecular complexity index is 640. The molecular formula is C18H26N4OS. The van der Waals surface area contributed by atoms with Gasteiger partial charge in [-0.05, 0) is 37.8 Å². The zero-order valence-corrected chi connectivity index (χ0v) is 15.4. The lowest BCUT2D eigenvalue weighted by Crippen LogP contribution is -2.47. The normalized spacial score (nSPS) is 22.0. The second-order valence-corrected chi connectivity index (χ2v) is 8.07. The molecule has 6 heteroatoms. The average molecular weight is 347 g/mol. The largest absolute Gasteiger partial charge is 0.315 e. The molecule has 2 aliphatic rings. The summed E-state index contributed by atoms with van der Waals surface area (Å²) in [5, 5.41) is 13.3. The molecular weight excluding hydrogens is 320 g/mol. The molecule has 1 unspecified atom stereocenters. The minimum absolute atomic E-state index is 0.00157. The molecule has 0 aromatic carbocycles. The van der Waals surface area contributed by atoms with Crippen LogP contribution in [-0.4, -0.2) is 55.5 Å². The van der Waals surface area contributed by atoms with Gasteiger partial charge in [-0.25, -0.2) is 0 Å². The third-order valence-electron chi connectivity index (χ3n) is 5.27. The molecule has 0 bridgehead atoms. The molecule has 24 heavy (non-hydrogen) atoms. The van der Waals surface area contributed by atoms with Crippen molar-refractivity contribution in [3.63, 3.8) is 0 Å². The van der Waals surface area contributed by atoms with Gasteiger partial charge in [-0.2, -0.15) is 5.26 Å². The minimum atomic E-state index is 0.00157. The van der Waals surface area contributed by atoms with E-state index in [1.165, 1.54) is 16.9 Å². The SMILES string of the molecule is CCC1CCc2c(sc(NC(=O)CN3CCN(C)CC3)c2C#N)C1. The van der Waals surface area contributed by atoms with Gasteiger partial charge in [0.2, 0.25) is 5.91 Å². The summed E-state index contributed by atoms with van der Waals surface area (Å²) in [7, 11) is 2.11. The van der Waals surface area contributed by atoms with E-state index in [9.17, 15) is 10.1 Å². The standard InChI is InChI=1S/C18H26N4OS/c1-3-13-4-5-14-15(11-19)18(24-16(14)10-13)20-17(23)12-22-8-6-21(2)7-9-22/h13H,3-10,12H2,1-2H3,(H,20,23). The Morgan fingerprint density at radius 1 is 1.38 bits per heavy atom. The highest BCUT2D eigenvalue weighted by molar-refractivity contribution is 7.16. The first-order valence-corrected chi connectivity index (χ1v) is 9.67. The summed E-state index contributed by atoms with van der Waals surface area (Å²) in [6.45, 7) is 6.50. The molecule has 1 amide bonds. The van der Waals surface area contributed by atoms with Gasteiger partial charge in [0.25, 0.3) is 0 Å². The predicted octanol–water partition coefficient (Wildman–Crippen LogP) is 2.32. The van der Waals surface area contributed by atoms with Crippen molar-refractivity contribution in [1.82, 2.24) is 9.80 Å². The van der Waals surface area contributed by atoms with Crippen LogP contribution in [0.2, 0.25) is 0 Å². The smallest absolute Gasteiger partial charge is 0.239 e. The molecule has 1 fully saturated rings. The third-order valence-corrected chi connectivity index (χ3v) is 6.44. The van der Waals surface area contributed by atoms with E-state index in [0.29, 0.717) is 12.1 Å². The van der Waals surface area contributed by atoms with Crippen LogP contribution in [0.1, 0.15) is 35.8 Å². The molecule has 1 aromatic heterocycles. The number of nitrogens with zero attached hydrogens (tertiary/aromatic N) is 3. The van der Waals surface area contributed by atoms with Crippen molar-refractivity contribution in [3.05, 3.63) is 16.0 Å². The van der Waals surface area contributed by atoms with Crippen LogP contribution in [0.15, 0.2) is 0 Å². The fourth-order valence-corrected chi connectivity index (χ4v) is 4.91. The molecule has 0 saturated carbocycles. The molecule has 1 aromatic rings. The van der Waals surface area contributed by atoms with Gasteiger partial charge >= 0.3 is 0 Å². The van der Waals surface area contributed by atoms with Gasteiger partial charge in [0.1, 0.15) is 11.1 Å². The molecule has 1 saturated heterocycles. The number of fused-ring (bicyclic) bond motifs is 1. The van der Waals surface area contributed by atoms with E-state index in [4.69, 9.17) is 0 Å². The van der Waals surface area contributed by atoms with Crippen molar-refractivity contribution in [2.24, 2.45) is 5.92 Å². The van der Waals surface area contributed by atoms with Crippen molar-refractivity contribution >= 4 is 22.2 Å². The number of hydrogen-bond acceptors (Lipinski definition) is 5. The summed E-state index contributed by atoms with van der Waals surface area (Å²) in [5.74, 6) is 0.721. The van der Waals surface area contributed by atoms with E-state index in [1.54, 1.807) is 11.3 Å². The number of nitrogens with one attached hydrogen (secondary N) is 1. The monoisotopic (exact) mass is 346 g/mol. The fraction of sp³-hybridized carbons (Fsp3) is 0.667. The van der Waals surface area contributed by atoms with Crippen LogP contribution >= 0.6 is 11.3 Å². The fourth-order valence-electron chi connectivity index (χ4n) is 3.58. The lowest BCUT2D eigenvalue weighted by molar-refractivity contribution is -0.117. The van der Waals surface area contributed by atoms with E-state index in [2.05, 4.69) is 35.2 Å². The van der Waals surface area contributed by atoms with Gasteiger partial charge in [-0.15, -0.1) is 11.3 Å². The van der Waals surface area contributed by atoms with E-state index < -0.39 is 0 Å². The highest BCUT2D eigenvalue weighted by Crippen LogP contribution is 2.39. The van der Waals surface area contributed by atoms with Crippen molar-refractivity contribution in [2.45, 2.75) is 32.6 Å². The Labute approximate surface area is 148 Å². The van der Waals surface area contributed by atoms with Crippen molar-refractivity contribution in [3.8, 4) is 6.07 Å². The van der Waals surface area contributed by atoms with Crippen molar-refractivity contribution in [1.29, 1.82) is 5.26 Å². The van der Waals surface area contributed by atoms with Crippen LogP contribution in [0.3, 0.4) is 0 Å². The second kappa shape index (κ2) is 7.64. The Balaban J connectivity index is 1.66. The predicted molar refractivity (Wildman–Crippen MR) is 97.4 cm³/mol. The van der Waals surface area contributed by atoms with E-state index >= 15 is 0 Å². The number of nitriles is 1. The quantitative estimate of drug-likeness (QED) is 0.909. The van der Waals surface area contributed by atoms with Crippen molar-refractivity contribution in [2.75, 3.05) is 45.1 Å². The molecule has 1 aliphatic carbocycles. The van der Waals surface area contributed by atoms with Crippen LogP contribution in [-0.2, 0) is 17.6 Å². The maximum absolute atomic E-state index is 12.4. The molecule has 0 spiro atoms. The summed E-state index contributed by atoms with van der Waals surface area (Å²) < 4.78 is 0. The number of carbonyl (C=O) groups is 1. The zero-order valence-electron chi connectivity index (χ0n) is 14.6. The van der Waals surface area contributed by atoms with Crippen LogP contribution < -0.4 is 5.32 Å². The number of thiophene rings is 1. The first-order chi connectivity index (χ1) is 11.6. The lowest BCUT2D eigenvalue weighted by Gasteiger charge is -2.31. The van der Waals surface area contributed by atoms with Gasteiger partial charge in [0, 0.05) is 31.1 Å². The number of likely N-dealkylation sites (N-methyl/N-ethyl adjacent to an activating group) is 1. The molecule has 1 aliphatic heterocycles. The first-order valence-electron chi connectivity index (χ1n) is 8.86. The van der Waals surface area contributed by atoms with Crippen molar-refractivity contribution < 1.29 is 4.79 Å². The maximum atomic E-state index is 12.4. The van der Waals surface area contributed by atoms with Gasteiger partial charge in [0.15, 0.2) is 0 Å². The number of anilines is 1. The molecule has 130 valence electrons. The van der Waals surface area contributed by atoms with Gasteiger partial charge in [0.05, 0.1) is 12.1 Å². The zero-order chi connectivity index (χ0) is 17.1. The van der Waals surface area contributed by atoms with Crippen LogP contribution in [0.4, 0.5) is 5.00 Å². The van der Waals surface area contributed by atoms with Crippen LogP contribution in [0.25, 0.3) is 0 Å². The molecule has 2 heterocycles. The summed E-state index contributed by atoms with van der Waals surface area (Å²) in [5.41, 5.74) is 1.89. The molecule has 1 atom stereocenters. The topological polar surface area (TPSA) is 59.4 Å². The Morgan fingerprint density at radius 3 is 2.79 bits per heavy atom. The van der Waals surface area contributed by atoms with Gasteiger partial charge in [-0.1, -0.05) is 13.3 Å². The lowest BCUT2D eigenvalue weighted by atomic mass is 9.86. The van der Waals surface area contributed by atoms with Crippen LogP contribution in [0, 0.1) is 17.2 Å². The first kappa shape index (κ1) is 17.4. The number of piperazine rings is 1. The molecule has 1 N–H and O–H groups in total. The highest BCUT2D eigenvalue weighted by atomic mass is 32.1. The molecule has 5 nitrogen and oxygen atoms in total. The maximum Gasteiger partial charge on any atom is 0.239 e. The molecule has 3 rings (SSSR count).